The van der Waals surface area contributed by atoms with E-state index in [2.05, 4.69) is 10.3 Å². The molecular formula is C16H17FN2O4S. The van der Waals surface area contributed by atoms with Crippen molar-refractivity contribution in [1.29, 1.82) is 0 Å². The number of carboxylic acid groups (broad SMARTS) is 1. The van der Waals surface area contributed by atoms with Crippen molar-refractivity contribution in [1.82, 2.24) is 4.83 Å². The van der Waals surface area contributed by atoms with Crippen molar-refractivity contribution in [2.75, 3.05) is 5.43 Å². The number of hydrazine groups is 1. The maximum Gasteiger partial charge on any atom is 0.303 e. The van der Waals surface area contributed by atoms with Crippen LogP contribution in [0.4, 0.5) is 10.1 Å². The Balaban J connectivity index is 2.05. The minimum Gasteiger partial charge on any atom is -0.481 e. The van der Waals surface area contributed by atoms with Gasteiger partial charge in [0.2, 0.25) is 0 Å². The van der Waals surface area contributed by atoms with Crippen LogP contribution in [0.2, 0.25) is 0 Å². The van der Waals surface area contributed by atoms with E-state index >= 15 is 0 Å². The molecule has 24 heavy (non-hydrogen) atoms. The summed E-state index contributed by atoms with van der Waals surface area (Å²) in [6.07, 6.45) is 0.286. The van der Waals surface area contributed by atoms with Crippen molar-refractivity contribution in [2.24, 2.45) is 0 Å². The molecule has 6 nitrogen and oxygen atoms in total. The maximum atomic E-state index is 13.7. The van der Waals surface area contributed by atoms with Crippen molar-refractivity contribution in [3.63, 3.8) is 0 Å². The number of halogens is 1. The Morgan fingerprint density at radius 1 is 1.17 bits per heavy atom. The fourth-order valence-corrected chi connectivity index (χ4v) is 2.85. The standard InChI is InChI=1S/C16H17FN2O4S/c1-11-2-8-15(14(17)10-11)18-19-24(22,23)13-6-3-12(4-7-13)5-9-16(20)21/h2-4,6-8,10,18-19H,5,9H2,1H3,(H,20,21). The third kappa shape index (κ3) is 4.77. The Morgan fingerprint density at radius 3 is 2.42 bits per heavy atom. The van der Waals surface area contributed by atoms with Crippen LogP contribution in [-0.2, 0) is 21.2 Å². The predicted molar refractivity (Wildman–Crippen MR) is 87.5 cm³/mol. The summed E-state index contributed by atoms with van der Waals surface area (Å²) in [6, 6.07) is 10.2. The fourth-order valence-electron chi connectivity index (χ4n) is 1.99. The summed E-state index contributed by atoms with van der Waals surface area (Å²) in [6.45, 7) is 1.73. The fraction of sp³-hybridized carbons (Fsp3) is 0.188. The SMILES string of the molecule is Cc1ccc(NNS(=O)(=O)c2ccc(CCC(=O)O)cc2)c(F)c1. The molecular weight excluding hydrogens is 335 g/mol. The molecule has 0 bridgehead atoms. The minimum absolute atomic E-state index is 0.0124. The number of nitrogens with one attached hydrogen (secondary N) is 2. The van der Waals surface area contributed by atoms with Gasteiger partial charge in [0.15, 0.2) is 0 Å². The zero-order chi connectivity index (χ0) is 17.7. The van der Waals surface area contributed by atoms with Gasteiger partial charge in [0.1, 0.15) is 5.82 Å². The number of sulfonamides is 1. The van der Waals surface area contributed by atoms with Crippen LogP contribution in [0.5, 0.6) is 0 Å². The summed E-state index contributed by atoms with van der Waals surface area (Å²) >= 11 is 0. The maximum absolute atomic E-state index is 13.7. The zero-order valence-corrected chi connectivity index (χ0v) is 13.7. The van der Waals surface area contributed by atoms with Crippen LogP contribution < -0.4 is 10.3 Å². The minimum atomic E-state index is -3.88. The van der Waals surface area contributed by atoms with Crippen molar-refractivity contribution in [2.45, 2.75) is 24.7 Å². The highest BCUT2D eigenvalue weighted by molar-refractivity contribution is 7.89. The molecule has 0 spiro atoms. The average molecular weight is 352 g/mol. The lowest BCUT2D eigenvalue weighted by Gasteiger charge is -2.11. The molecule has 2 aromatic carbocycles. The first-order chi connectivity index (χ1) is 11.3. The van der Waals surface area contributed by atoms with Gasteiger partial charge in [-0.25, -0.2) is 12.8 Å². The molecule has 0 atom stereocenters. The van der Waals surface area contributed by atoms with Gasteiger partial charge < -0.3 is 10.5 Å². The van der Waals surface area contributed by atoms with Gasteiger partial charge in [-0.1, -0.05) is 18.2 Å². The summed E-state index contributed by atoms with van der Waals surface area (Å²) in [5, 5.41) is 8.63. The van der Waals surface area contributed by atoms with Crippen LogP contribution in [0.1, 0.15) is 17.5 Å². The number of aryl methyl sites for hydroxylation is 2. The molecule has 0 aliphatic rings. The molecule has 3 N–H and O–H groups in total. The smallest absolute Gasteiger partial charge is 0.303 e. The van der Waals surface area contributed by atoms with Crippen LogP contribution in [0, 0.1) is 12.7 Å². The molecule has 2 rings (SSSR count). The van der Waals surface area contributed by atoms with Gasteiger partial charge in [-0.2, -0.15) is 0 Å². The highest BCUT2D eigenvalue weighted by Crippen LogP contribution is 2.16. The van der Waals surface area contributed by atoms with E-state index in [0.717, 1.165) is 5.56 Å². The first kappa shape index (κ1) is 17.9. The van der Waals surface area contributed by atoms with Gasteiger partial charge in [-0.3, -0.25) is 4.79 Å². The van der Waals surface area contributed by atoms with Gasteiger partial charge in [-0.05, 0) is 48.7 Å². The monoisotopic (exact) mass is 352 g/mol. The largest absolute Gasteiger partial charge is 0.481 e. The second-order valence-corrected chi connectivity index (χ2v) is 6.93. The van der Waals surface area contributed by atoms with Crippen molar-refractivity contribution in [3.8, 4) is 0 Å². The number of carboxylic acids is 1. The molecule has 8 heteroatoms. The molecule has 0 saturated carbocycles. The van der Waals surface area contributed by atoms with E-state index in [9.17, 15) is 17.6 Å². The molecule has 0 aliphatic carbocycles. The Morgan fingerprint density at radius 2 is 1.83 bits per heavy atom. The van der Waals surface area contributed by atoms with E-state index < -0.39 is 21.8 Å². The summed E-state index contributed by atoms with van der Waals surface area (Å²) < 4.78 is 38.0. The molecule has 128 valence electrons. The summed E-state index contributed by atoms with van der Waals surface area (Å²) in [5.74, 6) is -1.49. The van der Waals surface area contributed by atoms with Gasteiger partial charge in [0.05, 0.1) is 10.6 Å². The second-order valence-electron chi connectivity index (χ2n) is 5.25. The lowest BCUT2D eigenvalue weighted by atomic mass is 10.1. The third-order valence-electron chi connectivity index (χ3n) is 3.31. The molecule has 0 aliphatic heterocycles. The van der Waals surface area contributed by atoms with Crippen LogP contribution in [0.15, 0.2) is 47.4 Å². The predicted octanol–water partition coefficient (Wildman–Crippen LogP) is 2.46. The van der Waals surface area contributed by atoms with Gasteiger partial charge >= 0.3 is 5.97 Å². The van der Waals surface area contributed by atoms with Crippen molar-refractivity contribution in [3.05, 3.63) is 59.4 Å². The number of benzene rings is 2. The van der Waals surface area contributed by atoms with Crippen LogP contribution in [-0.4, -0.2) is 19.5 Å². The molecule has 0 heterocycles. The van der Waals surface area contributed by atoms with Gasteiger partial charge in [0.25, 0.3) is 10.0 Å². The molecule has 2 aromatic rings. The normalized spacial score (nSPS) is 11.2. The molecule has 0 amide bonds. The van der Waals surface area contributed by atoms with E-state index in [1.54, 1.807) is 25.1 Å². The van der Waals surface area contributed by atoms with E-state index in [-0.39, 0.29) is 17.0 Å². The Labute approximate surface area is 139 Å². The van der Waals surface area contributed by atoms with Crippen LogP contribution >= 0.6 is 0 Å². The van der Waals surface area contributed by atoms with Gasteiger partial charge in [0, 0.05) is 6.42 Å². The lowest BCUT2D eigenvalue weighted by molar-refractivity contribution is -0.136. The lowest BCUT2D eigenvalue weighted by Crippen LogP contribution is -2.30. The van der Waals surface area contributed by atoms with Crippen LogP contribution in [0.25, 0.3) is 0 Å². The van der Waals surface area contributed by atoms with Gasteiger partial charge in [-0.15, -0.1) is 4.83 Å². The first-order valence-corrected chi connectivity index (χ1v) is 8.61. The molecule has 0 saturated heterocycles. The van der Waals surface area contributed by atoms with Crippen LogP contribution in [0.3, 0.4) is 0 Å². The zero-order valence-electron chi connectivity index (χ0n) is 12.9. The third-order valence-corrected chi connectivity index (χ3v) is 4.57. The Hall–Kier alpha value is -2.45. The van der Waals surface area contributed by atoms with E-state index in [1.807, 2.05) is 0 Å². The van der Waals surface area contributed by atoms with E-state index in [1.165, 1.54) is 24.3 Å². The summed E-state index contributed by atoms with van der Waals surface area (Å²) in [5.41, 5.74) is 3.80. The number of aliphatic carboxylic acids is 1. The molecule has 0 unspecified atom stereocenters. The Bertz CT molecular complexity index is 836. The molecule has 0 fully saturated rings. The van der Waals surface area contributed by atoms with E-state index in [4.69, 9.17) is 5.11 Å². The number of hydrogen-bond acceptors (Lipinski definition) is 4. The van der Waals surface area contributed by atoms with Crippen molar-refractivity contribution < 1.29 is 22.7 Å². The highest BCUT2D eigenvalue weighted by Gasteiger charge is 2.14. The van der Waals surface area contributed by atoms with E-state index in [0.29, 0.717) is 12.0 Å². The quantitative estimate of drug-likeness (QED) is 0.665. The first-order valence-electron chi connectivity index (χ1n) is 7.12. The number of rotatable bonds is 7. The topological polar surface area (TPSA) is 95.5 Å². The number of carbonyl (C=O) groups is 1. The summed E-state index contributed by atoms with van der Waals surface area (Å²) in [4.78, 5) is 12.6. The second kappa shape index (κ2) is 7.41. The van der Waals surface area contributed by atoms with Crippen molar-refractivity contribution >= 4 is 21.7 Å². The highest BCUT2D eigenvalue weighted by atomic mass is 32.2. The molecule has 0 aromatic heterocycles. The number of hydrogen-bond donors (Lipinski definition) is 3. The Kier molecular flexibility index (Phi) is 5.53. The summed E-state index contributed by atoms with van der Waals surface area (Å²) in [7, 11) is -3.88. The molecule has 0 radical (unpaired) electrons. The number of anilines is 1. The average Bonchev–Trinajstić information content (AvgIpc) is 2.52.